The van der Waals surface area contributed by atoms with E-state index in [1.807, 2.05) is 56.3 Å². The van der Waals surface area contributed by atoms with Crippen LogP contribution in [0.15, 0.2) is 77.9 Å². The Kier molecular flexibility index (Phi) is 9.61. The normalized spacial score (nSPS) is 12.1. The minimum Gasteiger partial charge on any atom is -0.484 e. The Bertz CT molecular complexity index is 1390. The van der Waals surface area contributed by atoms with Crippen LogP contribution in [0.5, 0.6) is 5.75 Å². The first-order valence-corrected chi connectivity index (χ1v) is 13.8. The molecule has 10 heteroatoms. The number of rotatable bonds is 11. The average molecular weight is 537 g/mol. The fraction of sp³-hybridized carbons (Fsp3) is 0.250. The van der Waals surface area contributed by atoms with Crippen molar-refractivity contribution in [3.63, 3.8) is 0 Å². The Morgan fingerprint density at radius 1 is 1.00 bits per heavy atom. The molecule has 9 nitrogen and oxygen atoms in total. The number of hydrogen-bond acceptors (Lipinski definition) is 6. The van der Waals surface area contributed by atoms with E-state index >= 15 is 0 Å². The van der Waals surface area contributed by atoms with E-state index in [1.54, 1.807) is 37.3 Å². The van der Waals surface area contributed by atoms with E-state index in [0.717, 1.165) is 27.3 Å². The second-order valence-electron chi connectivity index (χ2n) is 8.91. The molecule has 38 heavy (non-hydrogen) atoms. The minimum atomic E-state index is -3.69. The van der Waals surface area contributed by atoms with Crippen LogP contribution in [0.4, 0.5) is 5.69 Å². The summed E-state index contributed by atoms with van der Waals surface area (Å²) in [4.78, 5) is 24.6. The maximum Gasteiger partial charge on any atom is 0.260 e. The molecule has 0 aliphatic rings. The van der Waals surface area contributed by atoms with Gasteiger partial charge in [0.15, 0.2) is 6.61 Å². The summed E-state index contributed by atoms with van der Waals surface area (Å²) in [6, 6.07) is 21.7. The molecule has 0 radical (unpaired) electrons. The molecule has 0 aromatic heterocycles. The van der Waals surface area contributed by atoms with Gasteiger partial charge < -0.3 is 10.1 Å². The zero-order valence-corrected chi connectivity index (χ0v) is 22.7. The molecule has 3 rings (SSSR count). The van der Waals surface area contributed by atoms with Crippen LogP contribution in [-0.4, -0.2) is 45.9 Å². The van der Waals surface area contributed by atoms with E-state index in [9.17, 15) is 18.0 Å². The molecular formula is C28H32N4O5S. The van der Waals surface area contributed by atoms with Crippen molar-refractivity contribution < 1.29 is 22.7 Å². The Labute approximate surface area is 223 Å². The van der Waals surface area contributed by atoms with Crippen LogP contribution in [0.1, 0.15) is 35.2 Å². The lowest BCUT2D eigenvalue weighted by atomic mass is 10.1. The number of nitrogens with one attached hydrogen (secondary N) is 2. The van der Waals surface area contributed by atoms with Gasteiger partial charge in [0.05, 0.1) is 24.2 Å². The number of nitrogens with zero attached hydrogens (tertiary/aromatic N) is 2. The molecule has 3 aromatic carbocycles. The lowest BCUT2D eigenvalue weighted by molar-refractivity contribution is -0.123. The van der Waals surface area contributed by atoms with Crippen LogP contribution in [0.2, 0.25) is 0 Å². The predicted octanol–water partition coefficient (Wildman–Crippen LogP) is 3.48. The number of amides is 2. The number of carbonyl (C=O) groups excluding carboxylic acids is 2. The summed E-state index contributed by atoms with van der Waals surface area (Å²) < 4.78 is 31.3. The highest BCUT2D eigenvalue weighted by Crippen LogP contribution is 2.23. The summed E-state index contributed by atoms with van der Waals surface area (Å²) in [5.74, 6) is -0.312. The van der Waals surface area contributed by atoms with Gasteiger partial charge in [0, 0.05) is 0 Å². The Balaban J connectivity index is 1.50. The van der Waals surface area contributed by atoms with Crippen LogP contribution in [0.25, 0.3) is 0 Å². The molecule has 0 spiro atoms. The quantitative estimate of drug-likeness (QED) is 0.288. The van der Waals surface area contributed by atoms with Crippen LogP contribution in [0, 0.1) is 13.8 Å². The third kappa shape index (κ3) is 8.45. The Morgan fingerprint density at radius 2 is 1.68 bits per heavy atom. The van der Waals surface area contributed by atoms with E-state index in [2.05, 4.69) is 15.8 Å². The average Bonchev–Trinajstić information content (AvgIpc) is 2.88. The number of aryl methyl sites for hydroxylation is 2. The summed E-state index contributed by atoms with van der Waals surface area (Å²) in [5.41, 5.74) is 6.11. The zero-order valence-electron chi connectivity index (χ0n) is 21.8. The van der Waals surface area contributed by atoms with Gasteiger partial charge in [0.25, 0.3) is 11.8 Å². The number of carbonyl (C=O) groups is 2. The van der Waals surface area contributed by atoms with Crippen molar-refractivity contribution in [1.29, 1.82) is 0 Å². The molecule has 0 aliphatic carbocycles. The number of hydrazone groups is 1. The van der Waals surface area contributed by atoms with E-state index < -0.39 is 22.5 Å². The summed E-state index contributed by atoms with van der Waals surface area (Å²) in [5, 5.41) is 6.81. The second kappa shape index (κ2) is 12.9. The highest BCUT2D eigenvalue weighted by Gasteiger charge is 2.22. The molecule has 2 N–H and O–H groups in total. The zero-order chi connectivity index (χ0) is 27.7. The van der Waals surface area contributed by atoms with Crippen LogP contribution in [0.3, 0.4) is 0 Å². The maximum absolute atomic E-state index is 12.4. The van der Waals surface area contributed by atoms with E-state index in [4.69, 9.17) is 4.74 Å². The molecule has 0 unspecified atom stereocenters. The lowest BCUT2D eigenvalue weighted by Gasteiger charge is -2.23. The molecule has 2 amide bonds. The number of sulfonamides is 1. The van der Waals surface area contributed by atoms with Gasteiger partial charge in [0.2, 0.25) is 10.0 Å². The van der Waals surface area contributed by atoms with E-state index in [1.165, 1.54) is 6.21 Å². The van der Waals surface area contributed by atoms with Crippen LogP contribution >= 0.6 is 0 Å². The smallest absolute Gasteiger partial charge is 0.260 e. The van der Waals surface area contributed by atoms with Gasteiger partial charge in [-0.1, -0.05) is 42.5 Å². The Hall–Kier alpha value is -4.18. The summed E-state index contributed by atoms with van der Waals surface area (Å²) in [7, 11) is -3.69. The summed E-state index contributed by atoms with van der Waals surface area (Å²) >= 11 is 0. The number of hydrogen-bond donors (Lipinski definition) is 2. The van der Waals surface area contributed by atoms with Crippen molar-refractivity contribution in [3.8, 4) is 5.75 Å². The van der Waals surface area contributed by atoms with Crippen molar-refractivity contribution in [2.75, 3.05) is 23.7 Å². The highest BCUT2D eigenvalue weighted by molar-refractivity contribution is 7.92. The minimum absolute atomic E-state index is 0.127. The van der Waals surface area contributed by atoms with Gasteiger partial charge in [-0.2, -0.15) is 5.10 Å². The molecule has 200 valence electrons. The third-order valence-corrected chi connectivity index (χ3v) is 6.78. The predicted molar refractivity (Wildman–Crippen MR) is 149 cm³/mol. The molecule has 0 fully saturated rings. The molecular weight excluding hydrogens is 504 g/mol. The first-order valence-electron chi connectivity index (χ1n) is 12.0. The first kappa shape index (κ1) is 28.4. The van der Waals surface area contributed by atoms with E-state index in [0.29, 0.717) is 17.0 Å². The van der Waals surface area contributed by atoms with Gasteiger partial charge in [0.1, 0.15) is 12.3 Å². The number of ether oxygens (including phenoxy) is 1. The fourth-order valence-electron chi connectivity index (χ4n) is 3.62. The first-order chi connectivity index (χ1) is 18.0. The van der Waals surface area contributed by atoms with Gasteiger partial charge in [-0.25, -0.2) is 13.8 Å². The largest absolute Gasteiger partial charge is 0.484 e. The molecule has 3 aromatic rings. The van der Waals surface area contributed by atoms with E-state index in [-0.39, 0.29) is 18.6 Å². The van der Waals surface area contributed by atoms with Crippen molar-refractivity contribution >= 4 is 33.7 Å². The monoisotopic (exact) mass is 536 g/mol. The van der Waals surface area contributed by atoms with Crippen LogP contribution in [-0.2, 0) is 19.6 Å². The van der Waals surface area contributed by atoms with Crippen molar-refractivity contribution in [2.24, 2.45) is 5.10 Å². The van der Waals surface area contributed by atoms with Crippen molar-refractivity contribution in [2.45, 2.75) is 26.8 Å². The molecule has 0 aliphatic heterocycles. The SMILES string of the molecule is Cc1ccc(C)c(N(CC(=O)N/N=C\c2ccc(OCC(=O)N[C@@H](C)c3ccccc3)cc2)S(C)(=O)=O)c1. The molecule has 0 heterocycles. The van der Waals surface area contributed by atoms with Crippen molar-refractivity contribution in [3.05, 3.63) is 95.1 Å². The number of benzene rings is 3. The summed E-state index contributed by atoms with van der Waals surface area (Å²) in [6.07, 6.45) is 2.49. The lowest BCUT2D eigenvalue weighted by Crippen LogP contribution is -2.39. The molecule has 1 atom stereocenters. The van der Waals surface area contributed by atoms with Gasteiger partial charge in [-0.15, -0.1) is 0 Å². The summed E-state index contributed by atoms with van der Waals surface area (Å²) in [6.45, 7) is 5.01. The maximum atomic E-state index is 12.4. The van der Waals surface area contributed by atoms with Gasteiger partial charge in [-0.3, -0.25) is 13.9 Å². The number of anilines is 1. The van der Waals surface area contributed by atoms with Gasteiger partial charge >= 0.3 is 0 Å². The fourth-order valence-corrected chi connectivity index (χ4v) is 4.53. The Morgan fingerprint density at radius 3 is 2.34 bits per heavy atom. The molecule has 0 saturated carbocycles. The molecule has 0 bridgehead atoms. The highest BCUT2D eigenvalue weighted by atomic mass is 32.2. The second-order valence-corrected chi connectivity index (χ2v) is 10.8. The molecule has 0 saturated heterocycles. The van der Waals surface area contributed by atoms with Gasteiger partial charge in [-0.05, 0) is 73.4 Å². The van der Waals surface area contributed by atoms with Crippen LogP contribution < -0.4 is 19.8 Å². The topological polar surface area (TPSA) is 117 Å². The third-order valence-electron chi connectivity index (χ3n) is 5.65. The standard InChI is InChI=1S/C28H32N4O5S/c1-20-10-11-21(2)26(16-20)32(38(4,35)36)18-27(33)31-29-17-23-12-14-25(15-13-23)37-19-28(34)30-22(3)24-8-6-5-7-9-24/h5-17,22H,18-19H2,1-4H3,(H,30,34)(H,31,33)/b29-17-/t22-/m0/s1. The van der Waals surface area contributed by atoms with Crippen molar-refractivity contribution in [1.82, 2.24) is 10.7 Å².